The Morgan fingerprint density at radius 1 is 1.03 bits per heavy atom. The molecule has 6 nitrogen and oxygen atoms in total. The number of amides is 1. The van der Waals surface area contributed by atoms with Gasteiger partial charge in [-0.15, -0.1) is 10.2 Å². The molecular formula is C20H13Cl3N4O2S. The van der Waals surface area contributed by atoms with E-state index in [0.717, 1.165) is 0 Å². The van der Waals surface area contributed by atoms with Crippen LogP contribution >= 0.6 is 46.6 Å². The van der Waals surface area contributed by atoms with Crippen molar-refractivity contribution in [3.63, 3.8) is 0 Å². The lowest BCUT2D eigenvalue weighted by Crippen LogP contribution is -2.15. The van der Waals surface area contributed by atoms with Crippen LogP contribution in [0.3, 0.4) is 0 Å². The van der Waals surface area contributed by atoms with Gasteiger partial charge < -0.3 is 10.1 Å². The number of pyridine rings is 1. The van der Waals surface area contributed by atoms with Gasteiger partial charge in [0.05, 0.1) is 21.5 Å². The highest BCUT2D eigenvalue weighted by Crippen LogP contribution is 2.32. The Balaban J connectivity index is 1.47. The Bertz CT molecular complexity index is 1220. The molecule has 152 valence electrons. The molecule has 0 saturated heterocycles. The predicted molar refractivity (Wildman–Crippen MR) is 120 cm³/mol. The van der Waals surface area contributed by atoms with Gasteiger partial charge in [0.25, 0.3) is 0 Å². The van der Waals surface area contributed by atoms with Crippen LogP contribution in [0.25, 0.3) is 5.65 Å². The minimum absolute atomic E-state index is 0.0855. The van der Waals surface area contributed by atoms with E-state index in [1.54, 1.807) is 34.9 Å². The maximum Gasteiger partial charge on any atom is 0.234 e. The van der Waals surface area contributed by atoms with E-state index < -0.39 is 0 Å². The Morgan fingerprint density at radius 2 is 1.83 bits per heavy atom. The standard InChI is InChI=1S/C20H13Cl3N4O2S/c21-12-6-7-17(29-14-4-2-1-3-5-14)16(9-12)24-18(28)11-30-20-26-25-19-15(23)8-13(22)10-27(19)20/h1-10H,11H2,(H,24,28). The molecule has 10 heteroatoms. The Labute approximate surface area is 191 Å². The highest BCUT2D eigenvalue weighted by Gasteiger charge is 2.14. The first-order valence-electron chi connectivity index (χ1n) is 8.64. The summed E-state index contributed by atoms with van der Waals surface area (Å²) in [6.07, 6.45) is 1.64. The fourth-order valence-electron chi connectivity index (χ4n) is 2.62. The summed E-state index contributed by atoms with van der Waals surface area (Å²) in [6.45, 7) is 0. The average Bonchev–Trinajstić information content (AvgIpc) is 3.12. The first-order valence-corrected chi connectivity index (χ1v) is 10.8. The molecule has 0 radical (unpaired) electrons. The molecule has 0 bridgehead atoms. The lowest BCUT2D eigenvalue weighted by molar-refractivity contribution is -0.113. The highest BCUT2D eigenvalue weighted by atomic mass is 35.5. The normalized spacial score (nSPS) is 10.9. The largest absolute Gasteiger partial charge is 0.455 e. The predicted octanol–water partition coefficient (Wildman–Crippen LogP) is 6.21. The van der Waals surface area contributed by atoms with Crippen LogP contribution in [0, 0.1) is 0 Å². The minimum Gasteiger partial charge on any atom is -0.455 e. The molecule has 1 amide bonds. The summed E-state index contributed by atoms with van der Waals surface area (Å²) < 4.78 is 7.51. The van der Waals surface area contributed by atoms with Gasteiger partial charge in [-0.25, -0.2) is 0 Å². The zero-order chi connectivity index (χ0) is 21.1. The molecule has 4 rings (SSSR count). The van der Waals surface area contributed by atoms with Gasteiger partial charge in [0, 0.05) is 11.2 Å². The number of anilines is 1. The van der Waals surface area contributed by atoms with Crippen molar-refractivity contribution >= 4 is 63.8 Å². The van der Waals surface area contributed by atoms with Gasteiger partial charge >= 0.3 is 0 Å². The van der Waals surface area contributed by atoms with Crippen molar-refractivity contribution in [3.05, 3.63) is 75.9 Å². The summed E-state index contributed by atoms with van der Waals surface area (Å²) in [5, 5.41) is 12.7. The number of carbonyl (C=O) groups is 1. The second kappa shape index (κ2) is 9.14. The monoisotopic (exact) mass is 478 g/mol. The second-order valence-electron chi connectivity index (χ2n) is 6.07. The lowest BCUT2D eigenvalue weighted by Gasteiger charge is -2.12. The van der Waals surface area contributed by atoms with Crippen LogP contribution in [0.5, 0.6) is 11.5 Å². The average molecular weight is 480 g/mol. The van der Waals surface area contributed by atoms with E-state index in [1.165, 1.54) is 11.8 Å². The first kappa shape index (κ1) is 20.8. The van der Waals surface area contributed by atoms with Crippen molar-refractivity contribution < 1.29 is 9.53 Å². The molecule has 2 aromatic heterocycles. The smallest absolute Gasteiger partial charge is 0.234 e. The van der Waals surface area contributed by atoms with E-state index >= 15 is 0 Å². The van der Waals surface area contributed by atoms with Crippen LogP contribution in [0.1, 0.15) is 0 Å². The number of carbonyl (C=O) groups excluding carboxylic acids is 1. The van der Waals surface area contributed by atoms with E-state index in [9.17, 15) is 4.79 Å². The van der Waals surface area contributed by atoms with E-state index in [2.05, 4.69) is 15.5 Å². The summed E-state index contributed by atoms with van der Waals surface area (Å²) in [6, 6.07) is 15.9. The molecule has 0 saturated carbocycles. The molecule has 0 aliphatic heterocycles. The van der Waals surface area contributed by atoms with Gasteiger partial charge in [0.1, 0.15) is 5.75 Å². The Kier molecular flexibility index (Phi) is 6.34. The van der Waals surface area contributed by atoms with Crippen LogP contribution in [0.4, 0.5) is 5.69 Å². The molecule has 2 aromatic carbocycles. The third kappa shape index (κ3) is 4.82. The lowest BCUT2D eigenvalue weighted by atomic mass is 10.3. The molecular weight excluding hydrogens is 467 g/mol. The zero-order valence-corrected chi connectivity index (χ0v) is 18.3. The summed E-state index contributed by atoms with van der Waals surface area (Å²) >= 11 is 19.5. The quantitative estimate of drug-likeness (QED) is 0.333. The van der Waals surface area contributed by atoms with E-state index in [4.69, 9.17) is 39.5 Å². The van der Waals surface area contributed by atoms with Crippen LogP contribution in [-0.4, -0.2) is 26.3 Å². The number of thioether (sulfide) groups is 1. The van der Waals surface area contributed by atoms with Gasteiger partial charge in [0.15, 0.2) is 16.6 Å². The molecule has 30 heavy (non-hydrogen) atoms. The molecule has 4 aromatic rings. The molecule has 0 fully saturated rings. The van der Waals surface area contributed by atoms with Gasteiger partial charge in [-0.3, -0.25) is 9.20 Å². The maximum atomic E-state index is 12.6. The molecule has 0 aliphatic rings. The topological polar surface area (TPSA) is 68.5 Å². The van der Waals surface area contributed by atoms with Crippen molar-refractivity contribution in [2.24, 2.45) is 0 Å². The molecule has 0 aliphatic carbocycles. The van der Waals surface area contributed by atoms with E-state index in [0.29, 0.717) is 43.1 Å². The third-order valence-electron chi connectivity index (χ3n) is 3.91. The second-order valence-corrected chi connectivity index (χ2v) is 8.30. The highest BCUT2D eigenvalue weighted by molar-refractivity contribution is 7.99. The number of fused-ring (bicyclic) bond motifs is 1. The molecule has 1 N–H and O–H groups in total. The van der Waals surface area contributed by atoms with Crippen LogP contribution in [0.15, 0.2) is 66.0 Å². The number of rotatable bonds is 6. The van der Waals surface area contributed by atoms with Gasteiger partial charge in [-0.2, -0.15) is 0 Å². The van der Waals surface area contributed by atoms with Gasteiger partial charge in [-0.05, 0) is 36.4 Å². The van der Waals surface area contributed by atoms with Crippen LogP contribution in [0.2, 0.25) is 15.1 Å². The van der Waals surface area contributed by atoms with Crippen LogP contribution in [-0.2, 0) is 4.79 Å². The van der Waals surface area contributed by atoms with Crippen molar-refractivity contribution in [2.45, 2.75) is 5.16 Å². The number of halogens is 3. The fraction of sp³-hybridized carbons (Fsp3) is 0.0500. The third-order valence-corrected chi connectivity index (χ3v) is 5.58. The van der Waals surface area contributed by atoms with Crippen molar-refractivity contribution in [1.29, 1.82) is 0 Å². The number of hydrogen-bond acceptors (Lipinski definition) is 5. The Morgan fingerprint density at radius 3 is 2.63 bits per heavy atom. The van der Waals surface area contributed by atoms with E-state index in [-0.39, 0.29) is 11.7 Å². The number of nitrogens with zero attached hydrogens (tertiary/aromatic N) is 3. The summed E-state index contributed by atoms with van der Waals surface area (Å²) in [5.41, 5.74) is 0.937. The van der Waals surface area contributed by atoms with Gasteiger partial charge in [0.2, 0.25) is 5.91 Å². The number of aromatic nitrogens is 3. The van der Waals surface area contributed by atoms with Crippen molar-refractivity contribution in [2.75, 3.05) is 11.1 Å². The number of benzene rings is 2. The summed E-state index contributed by atoms with van der Waals surface area (Å²) in [5.74, 6) is 0.955. The number of nitrogens with one attached hydrogen (secondary N) is 1. The zero-order valence-electron chi connectivity index (χ0n) is 15.2. The molecule has 0 unspecified atom stereocenters. The minimum atomic E-state index is -0.259. The Hall–Kier alpha value is -2.45. The molecule has 2 heterocycles. The molecule has 0 spiro atoms. The number of hydrogen-bond donors (Lipinski definition) is 1. The summed E-state index contributed by atoms with van der Waals surface area (Å²) in [7, 11) is 0. The summed E-state index contributed by atoms with van der Waals surface area (Å²) in [4.78, 5) is 12.6. The first-order chi connectivity index (χ1) is 14.5. The number of para-hydroxylation sites is 1. The van der Waals surface area contributed by atoms with Crippen molar-refractivity contribution in [3.8, 4) is 11.5 Å². The fourth-order valence-corrected chi connectivity index (χ4v) is 4.01. The molecule has 0 atom stereocenters. The van der Waals surface area contributed by atoms with Crippen LogP contribution < -0.4 is 10.1 Å². The maximum absolute atomic E-state index is 12.6. The SMILES string of the molecule is O=C(CSc1nnc2c(Cl)cc(Cl)cn12)Nc1cc(Cl)ccc1Oc1ccccc1. The van der Waals surface area contributed by atoms with Crippen molar-refractivity contribution in [1.82, 2.24) is 14.6 Å². The van der Waals surface area contributed by atoms with Gasteiger partial charge in [-0.1, -0.05) is 64.8 Å². The number of ether oxygens (including phenoxy) is 1. The van der Waals surface area contributed by atoms with E-state index in [1.807, 2.05) is 30.3 Å².